The van der Waals surface area contributed by atoms with Gasteiger partial charge in [-0.3, -0.25) is 0 Å². The van der Waals surface area contributed by atoms with Crippen LogP contribution in [0.1, 0.15) is 0 Å². The monoisotopic (exact) mass is 306 g/mol. The fraction of sp³-hybridized carbons (Fsp3) is 0.467. The van der Waals surface area contributed by atoms with Crippen LogP contribution in [0, 0.1) is 11.8 Å². The van der Waals surface area contributed by atoms with Gasteiger partial charge in [0, 0.05) is 49.1 Å². The van der Waals surface area contributed by atoms with Crippen LogP contribution in [0.3, 0.4) is 0 Å². The second kappa shape index (κ2) is 4.56. The number of aryl methyl sites for hydroxylation is 1. The minimum absolute atomic E-state index is 0.356. The molecule has 0 N–H and O–H groups in total. The molecule has 2 aliphatic heterocycles. The molecule has 0 aliphatic carbocycles. The van der Waals surface area contributed by atoms with E-state index in [9.17, 15) is 8.42 Å². The number of nitrogens with zero attached hydrogens (tertiary/aromatic N) is 2. The summed E-state index contributed by atoms with van der Waals surface area (Å²) in [6.45, 7) is 2.53. The summed E-state index contributed by atoms with van der Waals surface area (Å²) in [6, 6.07) is 7.63. The molecule has 2 atom stereocenters. The Morgan fingerprint density at radius 2 is 1.81 bits per heavy atom. The molecule has 1 aromatic heterocycles. The molecule has 4 rings (SSSR count). The number of fused-ring (bicyclic) bond motifs is 2. The normalized spacial score (nSPS) is 26.5. The van der Waals surface area contributed by atoms with E-state index in [0.29, 0.717) is 43.0 Å². The largest absolute Gasteiger partial charge is 0.381 e. The number of ether oxygens (including phenoxy) is 1. The molecule has 0 saturated carbocycles. The minimum atomic E-state index is -3.43. The van der Waals surface area contributed by atoms with Crippen molar-refractivity contribution in [3.63, 3.8) is 0 Å². The Balaban J connectivity index is 1.77. The van der Waals surface area contributed by atoms with Gasteiger partial charge in [0.1, 0.15) is 4.90 Å². The zero-order chi connectivity index (χ0) is 14.6. The third kappa shape index (κ3) is 1.93. The van der Waals surface area contributed by atoms with Gasteiger partial charge in [-0.15, -0.1) is 0 Å². The number of sulfonamides is 1. The number of hydrogen-bond acceptors (Lipinski definition) is 3. The van der Waals surface area contributed by atoms with Gasteiger partial charge in [-0.2, -0.15) is 4.31 Å². The molecular weight excluding hydrogens is 288 g/mol. The van der Waals surface area contributed by atoms with E-state index >= 15 is 0 Å². The second-order valence-corrected chi connectivity index (χ2v) is 7.91. The Morgan fingerprint density at radius 1 is 1.14 bits per heavy atom. The van der Waals surface area contributed by atoms with Gasteiger partial charge < -0.3 is 9.30 Å². The van der Waals surface area contributed by atoms with E-state index in [2.05, 4.69) is 0 Å². The van der Waals surface area contributed by atoms with Gasteiger partial charge in [0.15, 0.2) is 0 Å². The average Bonchev–Trinajstić information content (AvgIpc) is 3.12. The van der Waals surface area contributed by atoms with Crippen molar-refractivity contribution in [1.29, 1.82) is 0 Å². The van der Waals surface area contributed by atoms with Crippen LogP contribution in [0.25, 0.3) is 10.9 Å². The van der Waals surface area contributed by atoms with Gasteiger partial charge in [0.25, 0.3) is 0 Å². The number of para-hydroxylation sites is 1. The van der Waals surface area contributed by atoms with Gasteiger partial charge in [0.2, 0.25) is 10.0 Å². The Labute approximate surface area is 124 Å². The highest BCUT2D eigenvalue weighted by atomic mass is 32.2. The summed E-state index contributed by atoms with van der Waals surface area (Å²) in [5.74, 6) is 0.713. The second-order valence-electron chi connectivity index (χ2n) is 6.00. The topological polar surface area (TPSA) is 51.5 Å². The van der Waals surface area contributed by atoms with Gasteiger partial charge in [-0.25, -0.2) is 8.42 Å². The summed E-state index contributed by atoms with van der Waals surface area (Å²) < 4.78 is 34.9. The van der Waals surface area contributed by atoms with Crippen LogP contribution < -0.4 is 0 Å². The quantitative estimate of drug-likeness (QED) is 0.844. The van der Waals surface area contributed by atoms with Gasteiger partial charge in [-0.05, 0) is 6.07 Å². The fourth-order valence-corrected chi connectivity index (χ4v) is 5.29. The molecule has 0 bridgehead atoms. The van der Waals surface area contributed by atoms with Crippen LogP contribution in [0.5, 0.6) is 0 Å². The lowest BCUT2D eigenvalue weighted by atomic mass is 10.0. The van der Waals surface area contributed by atoms with E-state index in [0.717, 1.165) is 10.9 Å². The maximum Gasteiger partial charge on any atom is 0.245 e. The van der Waals surface area contributed by atoms with Crippen molar-refractivity contribution in [3.8, 4) is 0 Å². The highest BCUT2D eigenvalue weighted by Crippen LogP contribution is 2.35. The van der Waals surface area contributed by atoms with Crippen LogP contribution in [-0.4, -0.2) is 43.6 Å². The van der Waals surface area contributed by atoms with Gasteiger partial charge in [-0.1, -0.05) is 18.2 Å². The molecule has 2 fully saturated rings. The summed E-state index contributed by atoms with van der Waals surface area (Å²) in [4.78, 5) is 0.418. The summed E-state index contributed by atoms with van der Waals surface area (Å²) in [5, 5.41) is 0.799. The molecule has 0 amide bonds. The molecule has 5 nitrogen and oxygen atoms in total. The first-order valence-corrected chi connectivity index (χ1v) is 8.63. The van der Waals surface area contributed by atoms with Crippen LogP contribution in [0.15, 0.2) is 35.4 Å². The molecular formula is C15H18N2O3S. The smallest absolute Gasteiger partial charge is 0.245 e. The van der Waals surface area contributed by atoms with Crippen molar-refractivity contribution in [2.24, 2.45) is 18.9 Å². The summed E-state index contributed by atoms with van der Waals surface area (Å²) in [6.07, 6.45) is 1.73. The summed E-state index contributed by atoms with van der Waals surface area (Å²) >= 11 is 0. The lowest BCUT2D eigenvalue weighted by Crippen LogP contribution is -2.30. The zero-order valence-electron chi connectivity index (χ0n) is 11.9. The van der Waals surface area contributed by atoms with Crippen molar-refractivity contribution < 1.29 is 13.2 Å². The van der Waals surface area contributed by atoms with E-state index in [1.54, 1.807) is 10.5 Å². The minimum Gasteiger partial charge on any atom is -0.381 e. The molecule has 0 spiro atoms. The molecule has 0 radical (unpaired) electrons. The molecule has 112 valence electrons. The standard InChI is InChI=1S/C15H18N2O3S/c1-16-8-15(13-4-2-3-5-14(13)16)21(18,19)17-6-11-9-20-10-12(11)7-17/h2-5,8,11-12H,6-7,9-10H2,1H3. The highest BCUT2D eigenvalue weighted by molar-refractivity contribution is 7.89. The molecule has 21 heavy (non-hydrogen) atoms. The third-order valence-corrected chi connectivity index (χ3v) is 6.54. The molecule has 2 aromatic rings. The lowest BCUT2D eigenvalue weighted by Gasteiger charge is -2.16. The molecule has 2 saturated heterocycles. The number of aromatic nitrogens is 1. The Bertz CT molecular complexity index is 784. The Hall–Kier alpha value is -1.37. The maximum absolute atomic E-state index is 13.0. The predicted molar refractivity (Wildman–Crippen MR) is 79.5 cm³/mol. The van der Waals surface area contributed by atoms with Gasteiger partial charge in [0.05, 0.1) is 13.2 Å². The van der Waals surface area contributed by atoms with Crippen LogP contribution >= 0.6 is 0 Å². The van der Waals surface area contributed by atoms with Crippen LogP contribution in [0.4, 0.5) is 0 Å². The Morgan fingerprint density at radius 3 is 2.52 bits per heavy atom. The predicted octanol–water partition coefficient (Wildman–Crippen LogP) is 1.45. The van der Waals surface area contributed by atoms with Gasteiger partial charge >= 0.3 is 0 Å². The number of hydrogen-bond donors (Lipinski definition) is 0. The van der Waals surface area contributed by atoms with E-state index in [4.69, 9.17) is 4.74 Å². The fourth-order valence-electron chi connectivity index (χ4n) is 3.49. The molecule has 6 heteroatoms. The Kier molecular flexibility index (Phi) is 2.89. The van der Waals surface area contributed by atoms with Crippen molar-refractivity contribution in [3.05, 3.63) is 30.5 Å². The third-order valence-electron chi connectivity index (χ3n) is 4.69. The van der Waals surface area contributed by atoms with E-state index < -0.39 is 10.0 Å². The molecule has 2 unspecified atom stereocenters. The maximum atomic E-state index is 13.0. The highest BCUT2D eigenvalue weighted by Gasteiger charge is 2.42. The first kappa shape index (κ1) is 13.3. The lowest BCUT2D eigenvalue weighted by molar-refractivity contribution is 0.168. The molecule has 2 aliphatic rings. The van der Waals surface area contributed by atoms with E-state index in [1.807, 2.05) is 35.9 Å². The number of rotatable bonds is 2. The number of benzene rings is 1. The first-order chi connectivity index (χ1) is 10.1. The van der Waals surface area contributed by atoms with Crippen LogP contribution in [0.2, 0.25) is 0 Å². The molecule has 1 aromatic carbocycles. The summed E-state index contributed by atoms with van der Waals surface area (Å²) in [7, 11) is -1.55. The van der Waals surface area contributed by atoms with Crippen molar-refractivity contribution in [1.82, 2.24) is 8.87 Å². The van der Waals surface area contributed by atoms with E-state index in [1.165, 1.54) is 0 Å². The summed E-state index contributed by atoms with van der Waals surface area (Å²) in [5.41, 5.74) is 0.943. The SMILES string of the molecule is Cn1cc(S(=O)(=O)N2CC3COCC3C2)c2ccccc21. The molecule has 3 heterocycles. The van der Waals surface area contributed by atoms with Crippen LogP contribution in [-0.2, 0) is 21.8 Å². The zero-order valence-corrected chi connectivity index (χ0v) is 12.7. The van der Waals surface area contributed by atoms with Crippen molar-refractivity contribution >= 4 is 20.9 Å². The average molecular weight is 306 g/mol. The first-order valence-electron chi connectivity index (χ1n) is 7.19. The van der Waals surface area contributed by atoms with Crippen molar-refractivity contribution in [2.75, 3.05) is 26.3 Å². The van der Waals surface area contributed by atoms with Crippen molar-refractivity contribution in [2.45, 2.75) is 4.90 Å². The van der Waals surface area contributed by atoms with E-state index in [-0.39, 0.29) is 0 Å².